The minimum Gasteiger partial charge on any atom is -0.460 e. The van der Waals surface area contributed by atoms with E-state index in [4.69, 9.17) is 4.74 Å². The van der Waals surface area contributed by atoms with Crippen molar-refractivity contribution < 1.29 is 23.1 Å². The summed E-state index contributed by atoms with van der Waals surface area (Å²) < 4.78 is 31.2. The highest BCUT2D eigenvalue weighted by Gasteiger charge is 2.10. The average molecular weight is 351 g/mol. The molecule has 0 aliphatic rings. The molecule has 126 valence electrons. The Kier molecular flexibility index (Phi) is 6.74. The summed E-state index contributed by atoms with van der Waals surface area (Å²) in [5, 5.41) is 2.39. The van der Waals surface area contributed by atoms with Crippen molar-refractivity contribution in [2.75, 3.05) is 12.3 Å². The number of ether oxygens (including phenoxy) is 1. The molecule has 0 unspecified atom stereocenters. The molecule has 0 aromatic heterocycles. The molecule has 0 spiro atoms. The summed E-state index contributed by atoms with van der Waals surface area (Å²) in [4.78, 5) is 23.3. The van der Waals surface area contributed by atoms with E-state index in [0.29, 0.717) is 0 Å². The van der Waals surface area contributed by atoms with Crippen molar-refractivity contribution in [1.29, 1.82) is 0 Å². The Labute approximate surface area is 142 Å². The summed E-state index contributed by atoms with van der Waals surface area (Å²) in [6.07, 6.45) is 0. The Balaban J connectivity index is 1.68. The number of thioether (sulfide) groups is 1. The Morgan fingerprint density at radius 1 is 1.08 bits per heavy atom. The zero-order valence-electron chi connectivity index (χ0n) is 12.6. The molecule has 1 N–H and O–H groups in total. The summed E-state index contributed by atoms with van der Waals surface area (Å²) in [6, 6.07) is 12.3. The summed E-state index contributed by atoms with van der Waals surface area (Å²) >= 11 is 0.920. The zero-order chi connectivity index (χ0) is 17.4. The lowest BCUT2D eigenvalue weighted by Crippen LogP contribution is -2.31. The van der Waals surface area contributed by atoms with E-state index in [0.717, 1.165) is 29.5 Å². The van der Waals surface area contributed by atoms with Gasteiger partial charge in [-0.3, -0.25) is 9.59 Å². The molecular formula is C17H15F2NO3S. The third-order valence-corrected chi connectivity index (χ3v) is 3.97. The minimum atomic E-state index is -0.727. The van der Waals surface area contributed by atoms with Gasteiger partial charge in [-0.25, -0.2) is 8.78 Å². The first kappa shape index (κ1) is 17.9. The third kappa shape index (κ3) is 6.00. The first-order valence-electron chi connectivity index (χ1n) is 7.08. The normalized spacial score (nSPS) is 10.2. The highest BCUT2D eigenvalue weighted by molar-refractivity contribution is 8.00. The molecule has 0 saturated carbocycles. The van der Waals surface area contributed by atoms with Gasteiger partial charge in [-0.1, -0.05) is 30.3 Å². The van der Waals surface area contributed by atoms with Crippen molar-refractivity contribution in [3.8, 4) is 0 Å². The Bertz CT molecular complexity index is 710. The van der Waals surface area contributed by atoms with Crippen LogP contribution in [0.5, 0.6) is 0 Å². The summed E-state index contributed by atoms with van der Waals surface area (Å²) in [6.45, 7) is -0.136. The molecule has 2 rings (SSSR count). The van der Waals surface area contributed by atoms with Gasteiger partial charge in [0.2, 0.25) is 5.91 Å². The SMILES string of the molecule is O=C(CSc1ccc(F)cc1F)NCC(=O)OCc1ccccc1. The second kappa shape index (κ2) is 9.02. The van der Waals surface area contributed by atoms with Gasteiger partial charge >= 0.3 is 5.97 Å². The molecule has 2 aromatic rings. The Morgan fingerprint density at radius 3 is 2.54 bits per heavy atom. The van der Waals surface area contributed by atoms with E-state index < -0.39 is 23.5 Å². The van der Waals surface area contributed by atoms with Gasteiger partial charge in [0.1, 0.15) is 24.8 Å². The molecule has 1 amide bonds. The smallest absolute Gasteiger partial charge is 0.325 e. The molecule has 24 heavy (non-hydrogen) atoms. The summed E-state index contributed by atoms with van der Waals surface area (Å²) in [5.41, 5.74) is 0.847. The molecule has 0 atom stereocenters. The van der Waals surface area contributed by atoms with Crippen LogP contribution in [0.4, 0.5) is 8.78 Å². The largest absolute Gasteiger partial charge is 0.460 e. The molecular weight excluding hydrogens is 336 g/mol. The lowest BCUT2D eigenvalue weighted by Gasteiger charge is -2.07. The fourth-order valence-corrected chi connectivity index (χ4v) is 2.50. The van der Waals surface area contributed by atoms with Crippen LogP contribution in [-0.4, -0.2) is 24.2 Å². The molecule has 2 aromatic carbocycles. The second-order valence-electron chi connectivity index (χ2n) is 4.79. The van der Waals surface area contributed by atoms with E-state index in [1.165, 1.54) is 6.07 Å². The second-order valence-corrected chi connectivity index (χ2v) is 5.80. The molecule has 4 nitrogen and oxygen atoms in total. The fraction of sp³-hybridized carbons (Fsp3) is 0.176. The highest BCUT2D eigenvalue weighted by Crippen LogP contribution is 2.21. The highest BCUT2D eigenvalue weighted by atomic mass is 32.2. The molecule has 0 saturated heterocycles. The molecule has 0 heterocycles. The van der Waals surface area contributed by atoms with E-state index >= 15 is 0 Å². The van der Waals surface area contributed by atoms with Crippen molar-refractivity contribution >= 4 is 23.6 Å². The van der Waals surface area contributed by atoms with Crippen LogP contribution < -0.4 is 5.32 Å². The lowest BCUT2D eigenvalue weighted by atomic mass is 10.2. The molecule has 7 heteroatoms. The maximum Gasteiger partial charge on any atom is 0.325 e. The van der Waals surface area contributed by atoms with Crippen LogP contribution in [0, 0.1) is 11.6 Å². The van der Waals surface area contributed by atoms with Crippen LogP contribution in [0.3, 0.4) is 0 Å². The molecule has 0 fully saturated rings. The van der Waals surface area contributed by atoms with Crippen molar-refractivity contribution in [2.45, 2.75) is 11.5 Å². The first-order chi connectivity index (χ1) is 11.5. The molecule has 0 radical (unpaired) electrons. The number of amides is 1. The number of carbonyl (C=O) groups is 2. The first-order valence-corrected chi connectivity index (χ1v) is 8.07. The quantitative estimate of drug-likeness (QED) is 0.616. The summed E-state index contributed by atoms with van der Waals surface area (Å²) in [5.74, 6) is -2.50. The topological polar surface area (TPSA) is 55.4 Å². The van der Waals surface area contributed by atoms with E-state index in [2.05, 4.69) is 5.32 Å². The number of nitrogens with one attached hydrogen (secondary N) is 1. The van der Waals surface area contributed by atoms with E-state index in [1.54, 1.807) is 0 Å². The van der Waals surface area contributed by atoms with Gasteiger partial charge in [0.05, 0.1) is 5.75 Å². The van der Waals surface area contributed by atoms with Gasteiger partial charge in [0.15, 0.2) is 0 Å². The van der Waals surface area contributed by atoms with Crippen molar-refractivity contribution in [2.24, 2.45) is 0 Å². The van der Waals surface area contributed by atoms with Crippen molar-refractivity contribution in [3.05, 3.63) is 65.7 Å². The van der Waals surface area contributed by atoms with E-state index in [-0.39, 0.29) is 23.8 Å². The monoisotopic (exact) mass is 351 g/mol. The fourth-order valence-electron chi connectivity index (χ4n) is 1.75. The number of hydrogen-bond donors (Lipinski definition) is 1. The van der Waals surface area contributed by atoms with Crippen LogP contribution in [0.1, 0.15) is 5.56 Å². The van der Waals surface area contributed by atoms with Crippen molar-refractivity contribution in [3.63, 3.8) is 0 Å². The summed E-state index contributed by atoms with van der Waals surface area (Å²) in [7, 11) is 0. The molecule has 0 aliphatic carbocycles. The maximum absolute atomic E-state index is 13.4. The van der Waals surface area contributed by atoms with Gasteiger partial charge < -0.3 is 10.1 Å². The predicted molar refractivity (Wildman–Crippen MR) is 86.3 cm³/mol. The Hall–Kier alpha value is -2.41. The number of benzene rings is 2. The molecule has 0 bridgehead atoms. The lowest BCUT2D eigenvalue weighted by molar-refractivity contribution is -0.145. The predicted octanol–water partition coefficient (Wildman–Crippen LogP) is 2.92. The number of hydrogen-bond acceptors (Lipinski definition) is 4. The third-order valence-electron chi connectivity index (χ3n) is 2.93. The van der Waals surface area contributed by atoms with Crippen LogP contribution in [0.15, 0.2) is 53.4 Å². The van der Waals surface area contributed by atoms with Gasteiger partial charge in [0, 0.05) is 11.0 Å². The Morgan fingerprint density at radius 2 is 1.83 bits per heavy atom. The van der Waals surface area contributed by atoms with Crippen LogP contribution in [0.25, 0.3) is 0 Å². The van der Waals surface area contributed by atoms with E-state index in [9.17, 15) is 18.4 Å². The number of esters is 1. The van der Waals surface area contributed by atoms with E-state index in [1.807, 2.05) is 30.3 Å². The van der Waals surface area contributed by atoms with Crippen LogP contribution in [0.2, 0.25) is 0 Å². The van der Waals surface area contributed by atoms with Crippen LogP contribution >= 0.6 is 11.8 Å². The average Bonchev–Trinajstić information content (AvgIpc) is 2.58. The number of rotatable bonds is 7. The van der Waals surface area contributed by atoms with Gasteiger partial charge in [0.25, 0.3) is 0 Å². The molecule has 0 aliphatic heterocycles. The standard InChI is InChI=1S/C17H15F2NO3S/c18-13-6-7-15(14(19)8-13)24-11-16(21)20-9-17(22)23-10-12-4-2-1-3-5-12/h1-8H,9-11H2,(H,20,21). The number of halogens is 2. The van der Waals surface area contributed by atoms with Gasteiger partial charge in [-0.05, 0) is 17.7 Å². The minimum absolute atomic E-state index is 0.0888. The zero-order valence-corrected chi connectivity index (χ0v) is 13.4. The van der Waals surface area contributed by atoms with Gasteiger partial charge in [-0.2, -0.15) is 0 Å². The van der Waals surface area contributed by atoms with Crippen LogP contribution in [-0.2, 0) is 20.9 Å². The maximum atomic E-state index is 13.4. The van der Waals surface area contributed by atoms with Crippen molar-refractivity contribution in [1.82, 2.24) is 5.32 Å². The van der Waals surface area contributed by atoms with Gasteiger partial charge in [-0.15, -0.1) is 11.8 Å². The number of carbonyl (C=O) groups excluding carboxylic acids is 2.